The van der Waals surface area contributed by atoms with E-state index in [1.165, 1.54) is 15.4 Å². The lowest BCUT2D eigenvalue weighted by atomic mass is 9.98. The van der Waals surface area contributed by atoms with E-state index in [4.69, 9.17) is 0 Å². The van der Waals surface area contributed by atoms with Gasteiger partial charge in [-0.2, -0.15) is 11.3 Å². The Morgan fingerprint density at radius 2 is 2.17 bits per heavy atom. The van der Waals surface area contributed by atoms with Gasteiger partial charge < -0.3 is 5.32 Å². The van der Waals surface area contributed by atoms with E-state index in [9.17, 15) is 0 Å². The van der Waals surface area contributed by atoms with Crippen molar-refractivity contribution in [1.82, 2.24) is 10.3 Å². The molecular formula is C14H20N2S2. The van der Waals surface area contributed by atoms with Crippen LogP contribution >= 0.6 is 22.7 Å². The maximum Gasteiger partial charge on any atom is 0.0981 e. The summed E-state index contributed by atoms with van der Waals surface area (Å²) in [7, 11) is 0. The van der Waals surface area contributed by atoms with E-state index in [1.54, 1.807) is 11.3 Å². The molecule has 2 aromatic heterocycles. The second-order valence-electron chi connectivity index (χ2n) is 5.44. The molecule has 0 atom stereocenters. The molecule has 0 radical (unpaired) electrons. The standard InChI is InChI=1S/C14H20N2S2/c1-14(2,3)13-16-9-12(18-13)8-15-6-4-11-5-7-17-10-11/h5,7,9-10,15H,4,6,8H2,1-3H3. The summed E-state index contributed by atoms with van der Waals surface area (Å²) < 4.78 is 0. The monoisotopic (exact) mass is 280 g/mol. The van der Waals surface area contributed by atoms with Crippen molar-refractivity contribution < 1.29 is 0 Å². The quantitative estimate of drug-likeness (QED) is 0.842. The van der Waals surface area contributed by atoms with Crippen LogP contribution < -0.4 is 5.32 Å². The van der Waals surface area contributed by atoms with Crippen LogP contribution in [0, 0.1) is 0 Å². The highest BCUT2D eigenvalue weighted by Crippen LogP contribution is 2.26. The number of nitrogens with one attached hydrogen (secondary N) is 1. The van der Waals surface area contributed by atoms with Crippen molar-refractivity contribution in [2.24, 2.45) is 0 Å². The van der Waals surface area contributed by atoms with Crippen molar-refractivity contribution in [3.63, 3.8) is 0 Å². The van der Waals surface area contributed by atoms with Gasteiger partial charge in [-0.25, -0.2) is 4.98 Å². The minimum Gasteiger partial charge on any atom is -0.311 e. The number of thiazole rings is 1. The van der Waals surface area contributed by atoms with Crippen LogP contribution in [0.5, 0.6) is 0 Å². The lowest BCUT2D eigenvalue weighted by Crippen LogP contribution is -2.15. The minimum absolute atomic E-state index is 0.166. The van der Waals surface area contributed by atoms with Crippen molar-refractivity contribution in [2.45, 2.75) is 39.2 Å². The van der Waals surface area contributed by atoms with Gasteiger partial charge in [-0.3, -0.25) is 0 Å². The molecule has 0 bridgehead atoms. The van der Waals surface area contributed by atoms with Crippen molar-refractivity contribution in [1.29, 1.82) is 0 Å². The van der Waals surface area contributed by atoms with Gasteiger partial charge in [-0.15, -0.1) is 11.3 Å². The zero-order chi connectivity index (χ0) is 13.0. The Kier molecular flexibility index (Phi) is 4.54. The van der Waals surface area contributed by atoms with Crippen LogP contribution in [-0.2, 0) is 18.4 Å². The zero-order valence-electron chi connectivity index (χ0n) is 11.2. The summed E-state index contributed by atoms with van der Waals surface area (Å²) in [6.45, 7) is 8.58. The maximum absolute atomic E-state index is 4.50. The fourth-order valence-corrected chi connectivity index (χ4v) is 3.26. The predicted octanol–water partition coefficient (Wildman–Crippen LogP) is 3.83. The molecule has 2 heterocycles. The van der Waals surface area contributed by atoms with E-state index in [-0.39, 0.29) is 5.41 Å². The smallest absolute Gasteiger partial charge is 0.0981 e. The van der Waals surface area contributed by atoms with E-state index in [2.05, 4.69) is 47.9 Å². The molecule has 0 saturated heterocycles. The van der Waals surface area contributed by atoms with Crippen LogP contribution in [0.25, 0.3) is 0 Å². The van der Waals surface area contributed by atoms with Gasteiger partial charge in [0.15, 0.2) is 0 Å². The fraction of sp³-hybridized carbons (Fsp3) is 0.500. The number of hydrogen-bond acceptors (Lipinski definition) is 4. The predicted molar refractivity (Wildman–Crippen MR) is 80.5 cm³/mol. The summed E-state index contributed by atoms with van der Waals surface area (Å²) in [5.74, 6) is 0. The van der Waals surface area contributed by atoms with Crippen LogP contribution in [0.4, 0.5) is 0 Å². The molecule has 0 amide bonds. The number of rotatable bonds is 5. The van der Waals surface area contributed by atoms with Crippen LogP contribution in [-0.4, -0.2) is 11.5 Å². The first kappa shape index (κ1) is 13.7. The van der Waals surface area contributed by atoms with Crippen molar-refractivity contribution in [3.05, 3.63) is 38.5 Å². The molecular weight excluding hydrogens is 260 g/mol. The van der Waals surface area contributed by atoms with Crippen LogP contribution in [0.3, 0.4) is 0 Å². The summed E-state index contributed by atoms with van der Waals surface area (Å²) in [6.07, 6.45) is 3.11. The van der Waals surface area contributed by atoms with E-state index in [1.807, 2.05) is 17.5 Å². The van der Waals surface area contributed by atoms with Crippen molar-refractivity contribution >= 4 is 22.7 Å². The zero-order valence-corrected chi connectivity index (χ0v) is 12.8. The number of hydrogen-bond donors (Lipinski definition) is 1. The van der Waals surface area contributed by atoms with Gasteiger partial charge in [0.1, 0.15) is 0 Å². The molecule has 98 valence electrons. The van der Waals surface area contributed by atoms with E-state index < -0.39 is 0 Å². The molecule has 0 aliphatic rings. The SMILES string of the molecule is CC(C)(C)c1ncc(CNCCc2ccsc2)s1. The van der Waals surface area contributed by atoms with Crippen LogP contribution in [0.1, 0.15) is 36.2 Å². The summed E-state index contributed by atoms with van der Waals surface area (Å²) in [5, 5.41) is 9.05. The molecule has 1 N–H and O–H groups in total. The van der Waals surface area contributed by atoms with Gasteiger partial charge in [0.05, 0.1) is 5.01 Å². The summed E-state index contributed by atoms with van der Waals surface area (Å²) >= 11 is 3.58. The van der Waals surface area contributed by atoms with Gasteiger partial charge >= 0.3 is 0 Å². The molecule has 4 heteroatoms. The van der Waals surface area contributed by atoms with E-state index in [0.717, 1.165) is 19.5 Å². The molecule has 18 heavy (non-hydrogen) atoms. The highest BCUT2D eigenvalue weighted by molar-refractivity contribution is 7.11. The minimum atomic E-state index is 0.166. The Labute approximate surface area is 117 Å². The average molecular weight is 280 g/mol. The van der Waals surface area contributed by atoms with Gasteiger partial charge in [0.25, 0.3) is 0 Å². The summed E-state index contributed by atoms with van der Waals surface area (Å²) in [6, 6.07) is 2.19. The van der Waals surface area contributed by atoms with Crippen molar-refractivity contribution in [3.8, 4) is 0 Å². The Hall–Kier alpha value is -0.710. The van der Waals surface area contributed by atoms with Crippen LogP contribution in [0.2, 0.25) is 0 Å². The molecule has 0 unspecified atom stereocenters. The van der Waals surface area contributed by atoms with Crippen molar-refractivity contribution in [2.75, 3.05) is 6.54 Å². The molecule has 0 fully saturated rings. The highest BCUT2D eigenvalue weighted by Gasteiger charge is 2.17. The lowest BCUT2D eigenvalue weighted by molar-refractivity contribution is 0.585. The molecule has 2 nitrogen and oxygen atoms in total. The molecule has 0 aromatic carbocycles. The first-order chi connectivity index (χ1) is 8.55. The Balaban J connectivity index is 1.75. The summed E-state index contributed by atoms with van der Waals surface area (Å²) in [5.41, 5.74) is 1.59. The molecule has 0 spiro atoms. The van der Waals surface area contributed by atoms with Gasteiger partial charge in [-0.1, -0.05) is 20.8 Å². The topological polar surface area (TPSA) is 24.9 Å². The first-order valence-corrected chi connectivity index (χ1v) is 7.98. The third-order valence-electron chi connectivity index (χ3n) is 2.66. The second-order valence-corrected chi connectivity index (χ2v) is 7.34. The number of aromatic nitrogens is 1. The molecule has 2 rings (SSSR count). The average Bonchev–Trinajstić information content (AvgIpc) is 2.95. The third kappa shape index (κ3) is 3.90. The van der Waals surface area contributed by atoms with E-state index in [0.29, 0.717) is 0 Å². The highest BCUT2D eigenvalue weighted by atomic mass is 32.1. The Morgan fingerprint density at radius 3 is 2.78 bits per heavy atom. The Morgan fingerprint density at radius 1 is 1.33 bits per heavy atom. The van der Waals surface area contributed by atoms with E-state index >= 15 is 0 Å². The normalized spacial score (nSPS) is 11.9. The first-order valence-electron chi connectivity index (χ1n) is 6.23. The Bertz CT molecular complexity index is 466. The van der Waals surface area contributed by atoms with Gasteiger partial charge in [0.2, 0.25) is 0 Å². The molecule has 0 saturated carbocycles. The summed E-state index contributed by atoms with van der Waals surface area (Å²) in [4.78, 5) is 5.82. The maximum atomic E-state index is 4.50. The van der Waals surface area contributed by atoms with Crippen LogP contribution in [0.15, 0.2) is 23.0 Å². The molecule has 0 aliphatic heterocycles. The second kappa shape index (κ2) is 5.95. The van der Waals surface area contributed by atoms with Gasteiger partial charge in [-0.05, 0) is 35.4 Å². The lowest BCUT2D eigenvalue weighted by Gasteiger charge is -2.13. The molecule has 2 aromatic rings. The molecule has 0 aliphatic carbocycles. The number of nitrogens with zero attached hydrogens (tertiary/aromatic N) is 1. The van der Waals surface area contributed by atoms with Gasteiger partial charge in [0, 0.05) is 23.0 Å². The third-order valence-corrected chi connectivity index (χ3v) is 4.82. The fourth-order valence-electron chi connectivity index (χ4n) is 1.62. The largest absolute Gasteiger partial charge is 0.311 e. The number of thiophene rings is 1.